The number of alkyl halides is 3. The number of fused-ring (bicyclic) bond motifs is 1. The molecule has 0 bridgehead atoms. The zero-order chi connectivity index (χ0) is 17.0. The van der Waals surface area contributed by atoms with Crippen LogP contribution < -0.4 is 4.90 Å². The third-order valence-electron chi connectivity index (χ3n) is 5.08. The molecule has 1 aromatic rings. The lowest BCUT2D eigenvalue weighted by atomic mass is 9.57. The van der Waals surface area contributed by atoms with Crippen LogP contribution >= 0.6 is 0 Å². The molecule has 23 heavy (non-hydrogen) atoms. The van der Waals surface area contributed by atoms with Crippen molar-refractivity contribution in [2.24, 2.45) is 11.3 Å². The van der Waals surface area contributed by atoms with E-state index in [0.717, 1.165) is 12.5 Å². The second-order valence-corrected chi connectivity index (χ2v) is 6.80. The molecule has 1 saturated carbocycles. The summed E-state index contributed by atoms with van der Waals surface area (Å²) < 4.78 is 44.6. The average molecular weight is 325 g/mol. The minimum atomic E-state index is -4.53. The Hall–Kier alpha value is -1.81. The molecule has 1 saturated heterocycles. The fraction of sp³-hybridized carbons (Fsp3) is 0.625. The summed E-state index contributed by atoms with van der Waals surface area (Å²) >= 11 is 0. The summed E-state index contributed by atoms with van der Waals surface area (Å²) in [6, 6.07) is 3.98. The van der Waals surface area contributed by atoms with Crippen molar-refractivity contribution in [1.29, 1.82) is 5.26 Å². The second kappa shape index (κ2) is 5.10. The van der Waals surface area contributed by atoms with Gasteiger partial charge in [0.2, 0.25) is 0 Å². The number of nitrogens with zero attached hydrogens (tertiary/aromatic N) is 3. The predicted octanol–water partition coefficient (Wildman–Crippen LogP) is 3.22. The molecule has 0 aromatic carbocycles. The van der Waals surface area contributed by atoms with Crippen molar-refractivity contribution in [2.45, 2.75) is 38.6 Å². The van der Waals surface area contributed by atoms with E-state index in [1.165, 1.54) is 6.07 Å². The van der Waals surface area contributed by atoms with Crippen LogP contribution in [-0.4, -0.2) is 30.8 Å². The van der Waals surface area contributed by atoms with E-state index in [4.69, 9.17) is 4.74 Å². The highest BCUT2D eigenvalue weighted by molar-refractivity contribution is 5.56. The van der Waals surface area contributed by atoms with Gasteiger partial charge in [0.1, 0.15) is 17.6 Å². The van der Waals surface area contributed by atoms with E-state index in [0.29, 0.717) is 6.61 Å². The lowest BCUT2D eigenvalue weighted by molar-refractivity contribution is -0.141. The Bertz CT molecular complexity index is 666. The van der Waals surface area contributed by atoms with Crippen LogP contribution in [0.1, 0.15) is 31.5 Å². The van der Waals surface area contributed by atoms with Gasteiger partial charge in [0, 0.05) is 31.0 Å². The molecule has 0 N–H and O–H groups in total. The topological polar surface area (TPSA) is 49.2 Å². The normalized spacial score (nSPS) is 28.7. The quantitative estimate of drug-likeness (QED) is 0.838. The number of hydrogen-bond acceptors (Lipinski definition) is 4. The van der Waals surface area contributed by atoms with E-state index in [1.807, 2.05) is 19.9 Å². The van der Waals surface area contributed by atoms with E-state index < -0.39 is 11.9 Å². The monoisotopic (exact) mass is 325 g/mol. The van der Waals surface area contributed by atoms with Crippen LogP contribution in [-0.2, 0) is 10.9 Å². The van der Waals surface area contributed by atoms with Crippen LogP contribution in [0.15, 0.2) is 12.1 Å². The molecule has 0 amide bonds. The SMILES string of the molecule is CN(c1nc(C(F)(F)F)ccc1C#N)C1C2CCOC2C1(C)C. The Morgan fingerprint density at radius 3 is 2.70 bits per heavy atom. The highest BCUT2D eigenvalue weighted by Crippen LogP contribution is 2.55. The Kier molecular flexibility index (Phi) is 3.56. The summed E-state index contributed by atoms with van der Waals surface area (Å²) in [6.45, 7) is 4.75. The number of hydrogen-bond donors (Lipinski definition) is 0. The maximum Gasteiger partial charge on any atom is 0.433 e. The maximum absolute atomic E-state index is 12.9. The van der Waals surface area contributed by atoms with E-state index in [-0.39, 0.29) is 34.9 Å². The van der Waals surface area contributed by atoms with Gasteiger partial charge in [0.05, 0.1) is 11.7 Å². The summed E-state index contributed by atoms with van der Waals surface area (Å²) in [5.74, 6) is 0.351. The van der Waals surface area contributed by atoms with Gasteiger partial charge in [0.15, 0.2) is 0 Å². The summed E-state index contributed by atoms with van der Waals surface area (Å²) in [7, 11) is 1.71. The molecule has 1 aromatic heterocycles. The molecule has 3 unspecified atom stereocenters. The third kappa shape index (κ3) is 2.36. The van der Waals surface area contributed by atoms with Crippen LogP contribution in [0.4, 0.5) is 19.0 Å². The van der Waals surface area contributed by atoms with E-state index in [1.54, 1.807) is 11.9 Å². The highest BCUT2D eigenvalue weighted by Gasteiger charge is 2.61. The summed E-state index contributed by atoms with van der Waals surface area (Å²) in [6.07, 6.45) is -3.53. The van der Waals surface area contributed by atoms with Crippen LogP contribution in [0.2, 0.25) is 0 Å². The predicted molar refractivity (Wildman–Crippen MR) is 77.8 cm³/mol. The summed E-state index contributed by atoms with van der Waals surface area (Å²) in [5.41, 5.74) is -1.02. The standard InChI is InChI=1S/C16H18F3N3O/c1-15(2)12(10-6-7-23-13(10)15)22(3)14-9(8-20)4-5-11(21-14)16(17,18)19/h4-5,10,12-13H,6-7H2,1-3H3. The molecular formula is C16H18F3N3O. The number of anilines is 1. The highest BCUT2D eigenvalue weighted by atomic mass is 19.4. The van der Waals surface area contributed by atoms with Crippen molar-refractivity contribution in [1.82, 2.24) is 4.98 Å². The number of nitriles is 1. The molecule has 1 aliphatic heterocycles. The zero-order valence-electron chi connectivity index (χ0n) is 13.2. The van der Waals surface area contributed by atoms with E-state index in [9.17, 15) is 18.4 Å². The first kappa shape index (κ1) is 16.1. The molecule has 7 heteroatoms. The Morgan fingerprint density at radius 2 is 2.09 bits per heavy atom. The van der Waals surface area contributed by atoms with Crippen LogP contribution in [0.25, 0.3) is 0 Å². The van der Waals surface area contributed by atoms with Crippen LogP contribution in [0, 0.1) is 22.7 Å². The lowest BCUT2D eigenvalue weighted by Gasteiger charge is -2.58. The molecular weight excluding hydrogens is 307 g/mol. The average Bonchev–Trinajstić information content (AvgIpc) is 2.91. The van der Waals surface area contributed by atoms with E-state index in [2.05, 4.69) is 4.98 Å². The molecule has 0 radical (unpaired) electrons. The van der Waals surface area contributed by atoms with Crippen molar-refractivity contribution in [2.75, 3.05) is 18.6 Å². The molecule has 1 aliphatic carbocycles. The molecule has 4 nitrogen and oxygen atoms in total. The molecule has 2 heterocycles. The molecule has 124 valence electrons. The third-order valence-corrected chi connectivity index (χ3v) is 5.08. The summed E-state index contributed by atoms with van der Waals surface area (Å²) in [4.78, 5) is 5.46. The van der Waals surface area contributed by atoms with Gasteiger partial charge in [-0.25, -0.2) is 4.98 Å². The molecule has 3 rings (SSSR count). The van der Waals surface area contributed by atoms with Crippen molar-refractivity contribution in [3.05, 3.63) is 23.4 Å². The lowest BCUT2D eigenvalue weighted by Crippen LogP contribution is -2.66. The fourth-order valence-corrected chi connectivity index (χ4v) is 4.18. The van der Waals surface area contributed by atoms with Gasteiger partial charge < -0.3 is 9.64 Å². The van der Waals surface area contributed by atoms with Gasteiger partial charge in [-0.15, -0.1) is 0 Å². The smallest absolute Gasteiger partial charge is 0.377 e. The molecule has 0 spiro atoms. The Balaban J connectivity index is 1.99. The first-order valence-corrected chi connectivity index (χ1v) is 7.50. The van der Waals surface area contributed by atoms with E-state index >= 15 is 0 Å². The minimum Gasteiger partial charge on any atom is -0.377 e. The van der Waals surface area contributed by atoms with Gasteiger partial charge in [-0.2, -0.15) is 18.4 Å². The fourth-order valence-electron chi connectivity index (χ4n) is 4.18. The van der Waals surface area contributed by atoms with Crippen molar-refractivity contribution < 1.29 is 17.9 Å². The maximum atomic E-state index is 12.9. The van der Waals surface area contributed by atoms with Crippen molar-refractivity contribution in [3.63, 3.8) is 0 Å². The number of pyridine rings is 1. The molecule has 3 atom stereocenters. The van der Waals surface area contributed by atoms with Gasteiger partial charge in [-0.3, -0.25) is 0 Å². The van der Waals surface area contributed by atoms with Crippen molar-refractivity contribution >= 4 is 5.82 Å². The van der Waals surface area contributed by atoms with Gasteiger partial charge in [-0.1, -0.05) is 13.8 Å². The Morgan fingerprint density at radius 1 is 1.39 bits per heavy atom. The first-order chi connectivity index (χ1) is 10.7. The Labute approximate surface area is 132 Å². The van der Waals surface area contributed by atoms with Crippen molar-refractivity contribution in [3.8, 4) is 6.07 Å². The molecule has 2 aliphatic rings. The number of ether oxygens (including phenoxy) is 1. The number of rotatable bonds is 2. The van der Waals surface area contributed by atoms with Crippen LogP contribution in [0.3, 0.4) is 0 Å². The molecule has 2 fully saturated rings. The minimum absolute atomic E-state index is 0.00177. The number of aromatic nitrogens is 1. The largest absolute Gasteiger partial charge is 0.433 e. The van der Waals surface area contributed by atoms with Crippen LogP contribution in [0.5, 0.6) is 0 Å². The zero-order valence-corrected chi connectivity index (χ0v) is 13.2. The van der Waals surface area contributed by atoms with Gasteiger partial charge in [0.25, 0.3) is 0 Å². The first-order valence-electron chi connectivity index (χ1n) is 7.50. The van der Waals surface area contributed by atoms with Gasteiger partial charge >= 0.3 is 6.18 Å². The summed E-state index contributed by atoms with van der Waals surface area (Å²) in [5, 5.41) is 9.23. The van der Waals surface area contributed by atoms with Gasteiger partial charge in [-0.05, 0) is 18.6 Å². The number of halogens is 3. The second-order valence-electron chi connectivity index (χ2n) is 6.80.